The highest BCUT2D eigenvalue weighted by Gasteiger charge is 2.24. The zero-order chi connectivity index (χ0) is 12.4. The molecule has 1 aliphatic heterocycles. The van der Waals surface area contributed by atoms with Gasteiger partial charge in [0, 0.05) is 35.8 Å². The van der Waals surface area contributed by atoms with Gasteiger partial charge in [-0.25, -0.2) is 9.97 Å². The van der Waals surface area contributed by atoms with E-state index in [0.29, 0.717) is 17.0 Å². The van der Waals surface area contributed by atoms with Gasteiger partial charge in [0.2, 0.25) is 5.95 Å². The van der Waals surface area contributed by atoms with Crippen LogP contribution in [0.5, 0.6) is 0 Å². The average molecular weight is 252 g/mol. The quantitative estimate of drug-likeness (QED) is 0.866. The molecule has 1 saturated heterocycles. The number of hydrogen-bond acceptors (Lipinski definition) is 5. The van der Waals surface area contributed by atoms with Gasteiger partial charge in [-0.1, -0.05) is 13.8 Å². The Labute approximate surface area is 107 Å². The lowest BCUT2D eigenvalue weighted by Crippen LogP contribution is -2.41. The van der Waals surface area contributed by atoms with Gasteiger partial charge in [-0.2, -0.15) is 11.8 Å². The molecule has 1 aromatic heterocycles. The van der Waals surface area contributed by atoms with Crippen LogP contribution in [0.3, 0.4) is 0 Å². The predicted octanol–water partition coefficient (Wildman–Crippen LogP) is 1.57. The maximum Gasteiger partial charge on any atom is 0.225 e. The molecule has 0 amide bonds. The number of nitrogens with two attached hydrogens (primary N) is 1. The van der Waals surface area contributed by atoms with Gasteiger partial charge in [-0.15, -0.1) is 0 Å². The van der Waals surface area contributed by atoms with Crippen molar-refractivity contribution >= 4 is 17.7 Å². The lowest BCUT2D eigenvalue weighted by Gasteiger charge is -2.34. The molecule has 1 aromatic rings. The lowest BCUT2D eigenvalue weighted by molar-refractivity contribution is 0.700. The summed E-state index contributed by atoms with van der Waals surface area (Å²) in [5.41, 5.74) is 7.58. The Morgan fingerprint density at radius 3 is 2.59 bits per heavy atom. The molecule has 4 nitrogen and oxygen atoms in total. The van der Waals surface area contributed by atoms with Crippen molar-refractivity contribution in [3.63, 3.8) is 0 Å². The Kier molecular flexibility index (Phi) is 3.89. The summed E-state index contributed by atoms with van der Waals surface area (Å²) >= 11 is 2.03. The summed E-state index contributed by atoms with van der Waals surface area (Å²) in [5.74, 6) is 0.837. The zero-order valence-corrected chi connectivity index (χ0v) is 11.5. The van der Waals surface area contributed by atoms with Crippen LogP contribution in [0.4, 0.5) is 5.95 Å². The SMILES string of the molecule is Cc1cc(CN)nc(N2CC(C)SC(C)C2)n1. The largest absolute Gasteiger partial charge is 0.339 e. The second-order valence-corrected chi connectivity index (χ2v) is 6.55. The first-order valence-electron chi connectivity index (χ1n) is 6.03. The first kappa shape index (κ1) is 12.6. The van der Waals surface area contributed by atoms with Crippen LogP contribution in [0.1, 0.15) is 25.2 Å². The molecule has 0 spiro atoms. The number of anilines is 1. The van der Waals surface area contributed by atoms with Crippen molar-refractivity contribution in [2.24, 2.45) is 5.73 Å². The van der Waals surface area contributed by atoms with Gasteiger partial charge in [-0.05, 0) is 13.0 Å². The Hall–Kier alpha value is -0.810. The van der Waals surface area contributed by atoms with Gasteiger partial charge in [0.05, 0.1) is 5.69 Å². The standard InChI is InChI=1S/C12H20N4S/c1-8-4-11(5-13)15-12(14-8)16-6-9(2)17-10(3)7-16/h4,9-10H,5-7,13H2,1-3H3. The van der Waals surface area contributed by atoms with E-state index in [-0.39, 0.29) is 0 Å². The summed E-state index contributed by atoms with van der Waals surface area (Å²) in [4.78, 5) is 11.3. The fraction of sp³-hybridized carbons (Fsp3) is 0.667. The molecule has 2 atom stereocenters. The summed E-state index contributed by atoms with van der Waals surface area (Å²) in [7, 11) is 0. The fourth-order valence-corrected chi connectivity index (χ4v) is 3.53. The smallest absolute Gasteiger partial charge is 0.225 e. The van der Waals surface area contributed by atoms with Crippen LogP contribution < -0.4 is 10.6 Å². The molecule has 2 heterocycles. The molecule has 0 aliphatic carbocycles. The van der Waals surface area contributed by atoms with Gasteiger partial charge in [0.1, 0.15) is 0 Å². The van der Waals surface area contributed by atoms with E-state index < -0.39 is 0 Å². The minimum Gasteiger partial charge on any atom is -0.339 e. The van der Waals surface area contributed by atoms with Crippen LogP contribution in [0.15, 0.2) is 6.07 Å². The third-order valence-corrected chi connectivity index (χ3v) is 4.03. The molecule has 5 heteroatoms. The summed E-state index contributed by atoms with van der Waals surface area (Å²) in [6, 6.07) is 1.95. The monoisotopic (exact) mass is 252 g/mol. The number of nitrogens with zero attached hydrogens (tertiary/aromatic N) is 3. The maximum atomic E-state index is 5.66. The van der Waals surface area contributed by atoms with Crippen molar-refractivity contribution in [1.29, 1.82) is 0 Å². The minimum atomic E-state index is 0.476. The van der Waals surface area contributed by atoms with Crippen molar-refractivity contribution in [2.75, 3.05) is 18.0 Å². The van der Waals surface area contributed by atoms with Gasteiger partial charge in [0.15, 0.2) is 0 Å². The molecule has 0 aromatic carbocycles. The fourth-order valence-electron chi connectivity index (χ4n) is 2.20. The van der Waals surface area contributed by atoms with Crippen molar-refractivity contribution < 1.29 is 0 Å². The molecule has 94 valence electrons. The van der Waals surface area contributed by atoms with Crippen LogP contribution >= 0.6 is 11.8 Å². The molecule has 1 fully saturated rings. The van der Waals surface area contributed by atoms with Crippen molar-refractivity contribution in [3.05, 3.63) is 17.5 Å². The normalized spacial score (nSPS) is 25.1. The molecular formula is C12H20N4S. The van der Waals surface area contributed by atoms with Crippen LogP contribution in [0.25, 0.3) is 0 Å². The van der Waals surface area contributed by atoms with Crippen molar-refractivity contribution in [3.8, 4) is 0 Å². The van der Waals surface area contributed by atoms with Gasteiger partial charge in [0.25, 0.3) is 0 Å². The third-order valence-electron chi connectivity index (χ3n) is 2.81. The van der Waals surface area contributed by atoms with Crippen molar-refractivity contribution in [1.82, 2.24) is 9.97 Å². The highest BCUT2D eigenvalue weighted by molar-refractivity contribution is 8.00. The number of rotatable bonds is 2. The summed E-state index contributed by atoms with van der Waals surface area (Å²) in [6.45, 7) is 9.02. The van der Waals surface area contributed by atoms with Crippen LogP contribution in [0, 0.1) is 6.92 Å². The minimum absolute atomic E-state index is 0.476. The van der Waals surface area contributed by atoms with E-state index in [9.17, 15) is 0 Å². The van der Waals surface area contributed by atoms with Gasteiger partial charge in [-0.3, -0.25) is 0 Å². The molecule has 2 N–H and O–H groups in total. The Bertz CT molecular complexity index is 386. The Morgan fingerprint density at radius 2 is 2.00 bits per heavy atom. The van der Waals surface area contributed by atoms with E-state index in [2.05, 4.69) is 28.7 Å². The Balaban J connectivity index is 2.23. The number of hydrogen-bond donors (Lipinski definition) is 1. The summed E-state index contributed by atoms with van der Waals surface area (Å²) in [6.07, 6.45) is 0. The van der Waals surface area contributed by atoms with Crippen LogP contribution in [-0.4, -0.2) is 33.6 Å². The highest BCUT2D eigenvalue weighted by atomic mass is 32.2. The van der Waals surface area contributed by atoms with E-state index in [4.69, 9.17) is 5.73 Å². The molecule has 0 bridgehead atoms. The predicted molar refractivity (Wildman–Crippen MR) is 73.4 cm³/mol. The van der Waals surface area contributed by atoms with Crippen LogP contribution in [0.2, 0.25) is 0 Å². The van der Waals surface area contributed by atoms with Gasteiger partial charge < -0.3 is 10.6 Å². The molecule has 2 unspecified atom stereocenters. The molecule has 17 heavy (non-hydrogen) atoms. The van der Waals surface area contributed by atoms with Crippen LogP contribution in [-0.2, 0) is 6.54 Å². The van der Waals surface area contributed by atoms with E-state index >= 15 is 0 Å². The summed E-state index contributed by atoms with van der Waals surface area (Å²) < 4.78 is 0. The topological polar surface area (TPSA) is 55.0 Å². The second kappa shape index (κ2) is 5.23. The average Bonchev–Trinajstić information content (AvgIpc) is 2.26. The Morgan fingerprint density at radius 1 is 1.35 bits per heavy atom. The first-order chi connectivity index (χ1) is 8.08. The molecule has 2 rings (SSSR count). The second-order valence-electron chi connectivity index (χ2n) is 4.67. The first-order valence-corrected chi connectivity index (χ1v) is 6.98. The number of thioether (sulfide) groups is 1. The van der Waals surface area contributed by atoms with E-state index in [1.807, 2.05) is 24.8 Å². The lowest BCUT2D eigenvalue weighted by atomic mass is 10.3. The highest BCUT2D eigenvalue weighted by Crippen LogP contribution is 2.26. The maximum absolute atomic E-state index is 5.66. The van der Waals surface area contributed by atoms with E-state index in [1.165, 1.54) is 0 Å². The van der Waals surface area contributed by atoms with E-state index in [0.717, 1.165) is 30.4 Å². The summed E-state index contributed by atoms with van der Waals surface area (Å²) in [5, 5.41) is 1.26. The zero-order valence-electron chi connectivity index (χ0n) is 10.7. The third kappa shape index (κ3) is 3.10. The molecule has 0 radical (unpaired) electrons. The molecule has 1 aliphatic rings. The van der Waals surface area contributed by atoms with Gasteiger partial charge >= 0.3 is 0 Å². The molecular weight excluding hydrogens is 232 g/mol. The number of aromatic nitrogens is 2. The number of aryl methyl sites for hydroxylation is 1. The van der Waals surface area contributed by atoms with Crippen molar-refractivity contribution in [2.45, 2.75) is 37.8 Å². The molecule has 0 saturated carbocycles. The van der Waals surface area contributed by atoms with E-state index in [1.54, 1.807) is 0 Å².